The molecule has 13 nitrogen and oxygen atoms in total. The number of nitrogens with one attached hydrogen (secondary N) is 2. The third kappa shape index (κ3) is 5.48. The van der Waals surface area contributed by atoms with Crippen LogP contribution in [-0.2, 0) is 25.5 Å². The molecule has 1 saturated carbocycles. The fraction of sp³-hybridized carbons (Fsp3) is 0.464. The number of fused-ring (bicyclic) bond motifs is 2. The van der Waals surface area contributed by atoms with Gasteiger partial charge in [-0.1, -0.05) is 6.07 Å². The number of anilines is 2. The lowest BCUT2D eigenvalue weighted by Gasteiger charge is -2.20. The summed E-state index contributed by atoms with van der Waals surface area (Å²) in [6, 6.07) is 9.18. The maximum Gasteiger partial charge on any atom is 0.415 e. The molecule has 0 bridgehead atoms. The predicted octanol–water partition coefficient (Wildman–Crippen LogP) is 1.55. The second-order valence-corrected chi connectivity index (χ2v) is 10.8. The molecule has 3 unspecified atom stereocenters. The smallest absolute Gasteiger partial charge is 0.415 e. The zero-order valence-corrected chi connectivity index (χ0v) is 22.3. The maximum atomic E-state index is 12.5. The zero-order chi connectivity index (χ0) is 28.6. The molecule has 2 fully saturated rings. The second-order valence-electron chi connectivity index (χ2n) is 10.8. The van der Waals surface area contributed by atoms with Crippen LogP contribution in [0.1, 0.15) is 42.1 Å². The van der Waals surface area contributed by atoms with Crippen molar-refractivity contribution in [3.05, 3.63) is 41.0 Å². The average molecular weight is 563 g/mol. The van der Waals surface area contributed by atoms with E-state index in [0.29, 0.717) is 68.4 Å². The monoisotopic (exact) mass is 562 g/mol. The van der Waals surface area contributed by atoms with Crippen molar-refractivity contribution in [2.24, 2.45) is 11.7 Å². The third-order valence-electron chi connectivity index (χ3n) is 7.89. The number of carbonyl (C=O) groups is 3. The van der Waals surface area contributed by atoms with E-state index in [1.165, 1.54) is 4.90 Å². The van der Waals surface area contributed by atoms with Crippen molar-refractivity contribution in [1.82, 2.24) is 10.3 Å². The minimum atomic E-state index is -0.513. The number of nitriles is 1. The minimum absolute atomic E-state index is 0.0753. The summed E-state index contributed by atoms with van der Waals surface area (Å²) < 4.78 is 22.2. The number of hydrogen-bond acceptors (Lipinski definition) is 11. The Labute approximate surface area is 235 Å². The Kier molecular flexibility index (Phi) is 7.10. The number of hydrogen-bond donors (Lipinski definition) is 3. The summed E-state index contributed by atoms with van der Waals surface area (Å²) >= 11 is 0. The molecule has 4 aliphatic rings. The zero-order valence-electron chi connectivity index (χ0n) is 22.3. The van der Waals surface area contributed by atoms with Gasteiger partial charge in [0.05, 0.1) is 17.6 Å². The molecule has 2 aromatic rings. The fourth-order valence-corrected chi connectivity index (χ4v) is 5.46. The van der Waals surface area contributed by atoms with Crippen LogP contribution in [0.2, 0.25) is 0 Å². The van der Waals surface area contributed by atoms with Gasteiger partial charge in [0.2, 0.25) is 0 Å². The van der Waals surface area contributed by atoms with Crippen LogP contribution in [0.3, 0.4) is 0 Å². The number of rotatable bonds is 11. The molecule has 4 N–H and O–H groups in total. The number of ether oxygens (including phenoxy) is 4. The van der Waals surface area contributed by atoms with E-state index in [1.807, 2.05) is 6.07 Å². The van der Waals surface area contributed by atoms with Crippen molar-refractivity contribution < 1.29 is 33.3 Å². The lowest BCUT2D eigenvalue weighted by Crippen LogP contribution is -2.31. The van der Waals surface area contributed by atoms with Crippen LogP contribution >= 0.6 is 0 Å². The van der Waals surface area contributed by atoms with E-state index in [0.717, 1.165) is 24.0 Å². The fourth-order valence-electron chi connectivity index (χ4n) is 5.46. The number of aromatic nitrogens is 1. The van der Waals surface area contributed by atoms with Crippen molar-refractivity contribution in [3.63, 3.8) is 0 Å². The van der Waals surface area contributed by atoms with E-state index in [1.54, 1.807) is 18.2 Å². The molecule has 6 rings (SSSR count). The molecule has 41 heavy (non-hydrogen) atoms. The summed E-state index contributed by atoms with van der Waals surface area (Å²) in [5.74, 6) is 1.19. The number of carbonyl (C=O) groups excluding carboxylic acids is 3. The van der Waals surface area contributed by atoms with Crippen molar-refractivity contribution in [2.75, 3.05) is 43.1 Å². The van der Waals surface area contributed by atoms with E-state index in [4.69, 9.17) is 24.7 Å². The first kappa shape index (κ1) is 26.8. The van der Waals surface area contributed by atoms with Gasteiger partial charge in [0, 0.05) is 12.5 Å². The molecule has 2 aliphatic heterocycles. The average Bonchev–Trinajstić information content (AvgIpc) is 3.44. The van der Waals surface area contributed by atoms with Crippen molar-refractivity contribution in [2.45, 2.75) is 43.4 Å². The molecule has 2 amide bonds. The van der Waals surface area contributed by atoms with Crippen LogP contribution in [0.15, 0.2) is 24.3 Å². The second kappa shape index (κ2) is 10.9. The first-order valence-corrected chi connectivity index (χ1v) is 13.6. The molecule has 1 aromatic heterocycles. The van der Waals surface area contributed by atoms with Gasteiger partial charge in [-0.15, -0.1) is 0 Å². The van der Waals surface area contributed by atoms with Gasteiger partial charge in [-0.3, -0.25) is 14.5 Å². The highest BCUT2D eigenvalue weighted by Gasteiger charge is 2.40. The first-order chi connectivity index (χ1) is 19.9. The number of amides is 2. The number of benzene rings is 1. The van der Waals surface area contributed by atoms with Crippen molar-refractivity contribution in [3.8, 4) is 17.6 Å². The maximum absolute atomic E-state index is 12.5. The van der Waals surface area contributed by atoms with Crippen LogP contribution in [0, 0.1) is 17.2 Å². The van der Waals surface area contributed by atoms with E-state index < -0.39 is 12.2 Å². The Hall–Kier alpha value is -4.41. The molecule has 3 heterocycles. The number of cyclic esters (lactones) is 1. The van der Waals surface area contributed by atoms with Gasteiger partial charge in [0.15, 0.2) is 18.2 Å². The highest BCUT2D eigenvalue weighted by Crippen LogP contribution is 2.43. The van der Waals surface area contributed by atoms with E-state index in [9.17, 15) is 19.6 Å². The lowest BCUT2D eigenvalue weighted by molar-refractivity contribution is -0.136. The van der Waals surface area contributed by atoms with E-state index >= 15 is 0 Å². The quantitative estimate of drug-likeness (QED) is 0.267. The van der Waals surface area contributed by atoms with Crippen molar-refractivity contribution >= 4 is 30.1 Å². The molecule has 214 valence electrons. The summed E-state index contributed by atoms with van der Waals surface area (Å²) in [6.45, 7) is 2.10. The van der Waals surface area contributed by atoms with Crippen LogP contribution in [-0.4, -0.2) is 67.9 Å². The Balaban J connectivity index is 1.03. The Morgan fingerprint density at radius 2 is 2.15 bits per heavy atom. The molecule has 2 aliphatic carbocycles. The van der Waals surface area contributed by atoms with Gasteiger partial charge in [-0.05, 0) is 61.6 Å². The van der Waals surface area contributed by atoms with Crippen LogP contribution in [0.5, 0.6) is 11.5 Å². The van der Waals surface area contributed by atoms with Gasteiger partial charge < -0.3 is 35.3 Å². The molecule has 13 heteroatoms. The molecular formula is C28H30N6O7. The summed E-state index contributed by atoms with van der Waals surface area (Å²) in [4.78, 5) is 41.2. The SMILES string of the molecule is N#Cc1c(OCC2(N)CC2)ccc2c1CC(CNCCC1CN(c3ccc4c(n3)NC(=O)CO4)C(=O)O1)C2OC=O. The van der Waals surface area contributed by atoms with Crippen LogP contribution in [0.25, 0.3) is 0 Å². The van der Waals surface area contributed by atoms with Gasteiger partial charge >= 0.3 is 6.09 Å². The van der Waals surface area contributed by atoms with Crippen LogP contribution in [0.4, 0.5) is 16.4 Å². The summed E-state index contributed by atoms with van der Waals surface area (Å²) in [5, 5.41) is 15.9. The highest BCUT2D eigenvalue weighted by atomic mass is 16.6. The van der Waals surface area contributed by atoms with Gasteiger partial charge in [0.25, 0.3) is 12.4 Å². The summed E-state index contributed by atoms with van der Waals surface area (Å²) in [5.41, 5.74) is 7.92. The Morgan fingerprint density at radius 1 is 1.29 bits per heavy atom. The number of pyridine rings is 1. The normalized spacial score (nSPS) is 23.4. The van der Waals surface area contributed by atoms with E-state index in [2.05, 4.69) is 21.7 Å². The topological polar surface area (TPSA) is 178 Å². The molecule has 0 radical (unpaired) electrons. The number of nitrogens with two attached hydrogens (primary N) is 1. The molecule has 1 aromatic carbocycles. The van der Waals surface area contributed by atoms with Gasteiger partial charge in [0.1, 0.15) is 36.5 Å². The van der Waals surface area contributed by atoms with Crippen molar-refractivity contribution in [1.29, 1.82) is 5.26 Å². The minimum Gasteiger partial charge on any atom is -0.490 e. The predicted molar refractivity (Wildman–Crippen MR) is 143 cm³/mol. The molecule has 3 atom stereocenters. The third-order valence-corrected chi connectivity index (χ3v) is 7.89. The standard InChI is InChI=1S/C28H30N6O7/c29-10-20-19-9-16(25(40-15-35)18(19)1-2-21(20)39-14-28(30)6-7-28)11-31-8-5-17-12-34(27(37)41-17)23-4-3-22-26(32-23)33-24(36)13-38-22/h1-4,15-17,25,31H,5-9,11-14,30H2,(H,32,33,36). The van der Waals surface area contributed by atoms with Crippen LogP contribution < -0.4 is 30.7 Å². The molecular weight excluding hydrogens is 532 g/mol. The largest absolute Gasteiger partial charge is 0.490 e. The summed E-state index contributed by atoms with van der Waals surface area (Å²) in [6.07, 6.45) is 1.55. The van der Waals surface area contributed by atoms with Gasteiger partial charge in [-0.2, -0.15) is 5.26 Å². The van der Waals surface area contributed by atoms with Gasteiger partial charge in [-0.25, -0.2) is 9.78 Å². The molecule has 0 spiro atoms. The summed E-state index contributed by atoms with van der Waals surface area (Å²) in [7, 11) is 0. The first-order valence-electron chi connectivity index (χ1n) is 13.6. The lowest BCUT2D eigenvalue weighted by atomic mass is 10.0. The Morgan fingerprint density at radius 3 is 2.93 bits per heavy atom. The molecule has 1 saturated heterocycles. The number of nitrogens with zero attached hydrogens (tertiary/aromatic N) is 3. The van der Waals surface area contributed by atoms with E-state index in [-0.39, 0.29) is 35.9 Å². The Bertz CT molecular complexity index is 1420. The highest BCUT2D eigenvalue weighted by molar-refractivity contribution is 5.95.